The summed E-state index contributed by atoms with van der Waals surface area (Å²) in [5.74, 6) is 1.20. The molecular formula is C19H24N2O3. The topological polar surface area (TPSA) is 50.8 Å². The van der Waals surface area contributed by atoms with Gasteiger partial charge in [0.2, 0.25) is 0 Å². The van der Waals surface area contributed by atoms with Gasteiger partial charge in [0.25, 0.3) is 0 Å². The molecule has 2 amide bonds. The zero-order chi connectivity index (χ0) is 17.5. The van der Waals surface area contributed by atoms with Crippen molar-refractivity contribution in [3.63, 3.8) is 0 Å². The third-order valence-electron chi connectivity index (χ3n) is 3.71. The second-order valence-corrected chi connectivity index (χ2v) is 5.71. The van der Waals surface area contributed by atoms with Gasteiger partial charge in [-0.1, -0.05) is 30.3 Å². The molecule has 0 spiro atoms. The van der Waals surface area contributed by atoms with Crippen LogP contribution in [0.2, 0.25) is 0 Å². The Balaban J connectivity index is 2.13. The molecule has 0 aliphatic heterocycles. The van der Waals surface area contributed by atoms with Crippen molar-refractivity contribution in [3.8, 4) is 11.5 Å². The van der Waals surface area contributed by atoms with E-state index in [9.17, 15) is 4.79 Å². The minimum absolute atomic E-state index is 0.0744. The van der Waals surface area contributed by atoms with Crippen LogP contribution in [0, 0.1) is 0 Å². The summed E-state index contributed by atoms with van der Waals surface area (Å²) in [5.41, 5.74) is 1.75. The second-order valence-electron chi connectivity index (χ2n) is 5.71. The summed E-state index contributed by atoms with van der Waals surface area (Å²) in [5, 5.41) is 2.92. The summed E-state index contributed by atoms with van der Waals surface area (Å²) >= 11 is 0. The van der Waals surface area contributed by atoms with Gasteiger partial charge >= 0.3 is 6.03 Å². The number of ether oxygens (including phenoxy) is 2. The Labute approximate surface area is 143 Å². The normalized spacial score (nSPS) is 10.4. The number of carbonyl (C=O) groups excluding carboxylic acids is 1. The lowest BCUT2D eigenvalue weighted by atomic mass is 10.2. The van der Waals surface area contributed by atoms with Crippen molar-refractivity contribution in [3.05, 3.63) is 54.1 Å². The van der Waals surface area contributed by atoms with Crippen LogP contribution in [0.4, 0.5) is 10.5 Å². The number of hydrogen-bond acceptors (Lipinski definition) is 3. The van der Waals surface area contributed by atoms with Crippen molar-refractivity contribution in [1.29, 1.82) is 0 Å². The lowest BCUT2D eigenvalue weighted by Crippen LogP contribution is -2.39. The maximum Gasteiger partial charge on any atom is 0.322 e. The van der Waals surface area contributed by atoms with E-state index in [4.69, 9.17) is 9.47 Å². The Morgan fingerprint density at radius 1 is 1.04 bits per heavy atom. The van der Waals surface area contributed by atoms with Crippen LogP contribution in [0.15, 0.2) is 48.5 Å². The molecule has 2 aromatic carbocycles. The molecule has 0 saturated carbocycles. The van der Waals surface area contributed by atoms with Crippen LogP contribution in [-0.2, 0) is 6.54 Å². The third-order valence-corrected chi connectivity index (χ3v) is 3.71. The number of amides is 2. The number of urea groups is 1. The van der Waals surface area contributed by atoms with Gasteiger partial charge in [-0.05, 0) is 31.5 Å². The minimum atomic E-state index is -0.152. The molecule has 128 valence electrons. The first-order valence-electron chi connectivity index (χ1n) is 7.88. The van der Waals surface area contributed by atoms with E-state index in [1.54, 1.807) is 37.3 Å². The van der Waals surface area contributed by atoms with E-state index in [0.717, 1.165) is 5.56 Å². The highest BCUT2D eigenvalue weighted by Gasteiger charge is 2.18. The fraction of sp³-hybridized carbons (Fsp3) is 0.316. The van der Waals surface area contributed by atoms with E-state index < -0.39 is 0 Å². The molecule has 0 aliphatic rings. The van der Waals surface area contributed by atoms with Crippen molar-refractivity contribution in [2.75, 3.05) is 19.5 Å². The van der Waals surface area contributed by atoms with Gasteiger partial charge in [0.1, 0.15) is 0 Å². The first-order valence-corrected chi connectivity index (χ1v) is 7.88. The van der Waals surface area contributed by atoms with Gasteiger partial charge in [-0.2, -0.15) is 0 Å². The lowest BCUT2D eigenvalue weighted by Gasteiger charge is -2.27. The van der Waals surface area contributed by atoms with Gasteiger partial charge in [0.05, 0.1) is 14.2 Å². The van der Waals surface area contributed by atoms with E-state index in [2.05, 4.69) is 5.32 Å². The van der Waals surface area contributed by atoms with Gasteiger partial charge < -0.3 is 19.7 Å². The summed E-state index contributed by atoms with van der Waals surface area (Å²) in [6.45, 7) is 4.55. The fourth-order valence-electron chi connectivity index (χ4n) is 2.38. The maximum atomic E-state index is 12.7. The number of methoxy groups -OCH3 is 2. The average Bonchev–Trinajstić information content (AvgIpc) is 2.60. The van der Waals surface area contributed by atoms with Crippen LogP contribution in [0.25, 0.3) is 0 Å². The summed E-state index contributed by atoms with van der Waals surface area (Å²) in [6, 6.07) is 15.2. The quantitative estimate of drug-likeness (QED) is 0.867. The van der Waals surface area contributed by atoms with Crippen LogP contribution >= 0.6 is 0 Å². The summed E-state index contributed by atoms with van der Waals surface area (Å²) in [7, 11) is 3.15. The van der Waals surface area contributed by atoms with Crippen LogP contribution in [0.3, 0.4) is 0 Å². The van der Waals surface area contributed by atoms with Crippen molar-refractivity contribution in [1.82, 2.24) is 4.90 Å². The van der Waals surface area contributed by atoms with Crippen LogP contribution in [-0.4, -0.2) is 31.2 Å². The molecule has 0 fully saturated rings. The van der Waals surface area contributed by atoms with Crippen molar-refractivity contribution in [2.45, 2.75) is 26.4 Å². The highest BCUT2D eigenvalue weighted by atomic mass is 16.5. The van der Waals surface area contributed by atoms with Crippen LogP contribution in [0.1, 0.15) is 19.4 Å². The van der Waals surface area contributed by atoms with Crippen molar-refractivity contribution in [2.24, 2.45) is 0 Å². The molecule has 0 unspecified atom stereocenters. The standard InChI is InChI=1S/C19H24N2O3/c1-14(2)21(13-15-8-6-5-7-9-15)19(22)20-16-10-11-17(23-3)18(12-16)24-4/h5-12,14H,13H2,1-4H3,(H,20,22). The Bertz CT molecular complexity index is 672. The van der Waals surface area contributed by atoms with Gasteiger partial charge in [-0.25, -0.2) is 4.79 Å². The van der Waals surface area contributed by atoms with E-state index in [-0.39, 0.29) is 12.1 Å². The number of nitrogens with one attached hydrogen (secondary N) is 1. The zero-order valence-corrected chi connectivity index (χ0v) is 14.6. The maximum absolute atomic E-state index is 12.7. The van der Waals surface area contributed by atoms with Gasteiger partial charge in [0, 0.05) is 24.3 Å². The Hall–Kier alpha value is -2.69. The highest BCUT2D eigenvalue weighted by molar-refractivity contribution is 5.90. The molecule has 0 atom stereocenters. The third kappa shape index (κ3) is 4.41. The van der Waals surface area contributed by atoms with Crippen LogP contribution in [0.5, 0.6) is 11.5 Å². The SMILES string of the molecule is COc1ccc(NC(=O)N(Cc2ccccc2)C(C)C)cc1OC. The summed E-state index contributed by atoms with van der Waals surface area (Å²) in [6.07, 6.45) is 0. The molecule has 1 N–H and O–H groups in total. The molecular weight excluding hydrogens is 304 g/mol. The first-order chi connectivity index (χ1) is 11.5. The zero-order valence-electron chi connectivity index (χ0n) is 14.6. The minimum Gasteiger partial charge on any atom is -0.493 e. The fourth-order valence-corrected chi connectivity index (χ4v) is 2.38. The number of benzene rings is 2. The largest absolute Gasteiger partial charge is 0.493 e. The average molecular weight is 328 g/mol. The number of rotatable bonds is 6. The second kappa shape index (κ2) is 8.24. The smallest absolute Gasteiger partial charge is 0.322 e. The molecule has 24 heavy (non-hydrogen) atoms. The molecule has 0 aromatic heterocycles. The number of hydrogen-bond donors (Lipinski definition) is 1. The number of nitrogens with zero attached hydrogens (tertiary/aromatic N) is 1. The molecule has 0 saturated heterocycles. The molecule has 5 nitrogen and oxygen atoms in total. The molecule has 5 heteroatoms. The Morgan fingerprint density at radius 3 is 2.29 bits per heavy atom. The van der Waals surface area contributed by atoms with E-state index in [1.165, 1.54) is 0 Å². The summed E-state index contributed by atoms with van der Waals surface area (Å²) in [4.78, 5) is 14.4. The van der Waals surface area contributed by atoms with Gasteiger partial charge in [-0.15, -0.1) is 0 Å². The number of carbonyl (C=O) groups is 1. The number of anilines is 1. The van der Waals surface area contributed by atoms with Crippen molar-refractivity contribution < 1.29 is 14.3 Å². The predicted octanol–water partition coefficient (Wildman–Crippen LogP) is 4.15. The first kappa shape index (κ1) is 17.7. The van der Waals surface area contributed by atoms with E-state index >= 15 is 0 Å². The Morgan fingerprint density at radius 2 is 1.71 bits per heavy atom. The molecule has 0 heterocycles. The summed E-state index contributed by atoms with van der Waals surface area (Å²) < 4.78 is 10.5. The highest BCUT2D eigenvalue weighted by Crippen LogP contribution is 2.30. The van der Waals surface area contributed by atoms with Crippen molar-refractivity contribution >= 4 is 11.7 Å². The predicted molar refractivity (Wildman–Crippen MR) is 95.7 cm³/mol. The van der Waals surface area contributed by atoms with Crippen LogP contribution < -0.4 is 14.8 Å². The van der Waals surface area contributed by atoms with Gasteiger partial charge in [-0.3, -0.25) is 0 Å². The molecule has 2 aromatic rings. The molecule has 0 bridgehead atoms. The molecule has 0 radical (unpaired) electrons. The lowest BCUT2D eigenvalue weighted by molar-refractivity contribution is 0.193. The van der Waals surface area contributed by atoms with Gasteiger partial charge in [0.15, 0.2) is 11.5 Å². The van der Waals surface area contributed by atoms with E-state index in [1.807, 2.05) is 44.2 Å². The Kier molecular flexibility index (Phi) is 6.07. The molecule has 0 aliphatic carbocycles. The van der Waals surface area contributed by atoms with E-state index in [0.29, 0.717) is 23.7 Å². The monoisotopic (exact) mass is 328 g/mol. The molecule has 2 rings (SSSR count).